The molecule has 1 aliphatic heterocycles. The molecule has 2 aliphatic carbocycles. The van der Waals surface area contributed by atoms with Gasteiger partial charge in [-0.25, -0.2) is 0 Å². The molecule has 2 saturated carbocycles. The maximum absolute atomic E-state index is 3.62. The van der Waals surface area contributed by atoms with Gasteiger partial charge in [-0.2, -0.15) is 0 Å². The van der Waals surface area contributed by atoms with E-state index in [0.29, 0.717) is 0 Å². The van der Waals surface area contributed by atoms with Gasteiger partial charge in [-0.3, -0.25) is 4.90 Å². The summed E-state index contributed by atoms with van der Waals surface area (Å²) in [6.07, 6.45) is 8.60. The molecule has 3 aliphatic rings. The second-order valence-corrected chi connectivity index (χ2v) is 6.84. The predicted molar refractivity (Wildman–Crippen MR) is 80.5 cm³/mol. The van der Waals surface area contributed by atoms with Gasteiger partial charge in [-0.15, -0.1) is 0 Å². The van der Waals surface area contributed by atoms with Gasteiger partial charge in [0.15, 0.2) is 0 Å². The first-order valence-corrected chi connectivity index (χ1v) is 8.55. The summed E-state index contributed by atoms with van der Waals surface area (Å²) >= 11 is 0. The van der Waals surface area contributed by atoms with Crippen LogP contribution in [0.3, 0.4) is 0 Å². The van der Waals surface area contributed by atoms with E-state index in [1.54, 1.807) is 0 Å². The van der Waals surface area contributed by atoms with Crippen molar-refractivity contribution in [1.82, 2.24) is 15.1 Å². The normalized spacial score (nSPS) is 34.6. The van der Waals surface area contributed by atoms with Gasteiger partial charge < -0.3 is 10.2 Å². The van der Waals surface area contributed by atoms with Crippen molar-refractivity contribution in [3.8, 4) is 0 Å². The van der Waals surface area contributed by atoms with Crippen LogP contribution in [0.4, 0.5) is 0 Å². The van der Waals surface area contributed by atoms with E-state index in [1.807, 2.05) is 0 Å². The van der Waals surface area contributed by atoms with E-state index in [4.69, 9.17) is 0 Å². The number of rotatable bonds is 5. The van der Waals surface area contributed by atoms with Crippen LogP contribution in [0.2, 0.25) is 0 Å². The highest BCUT2D eigenvalue weighted by molar-refractivity contribution is 4.86. The summed E-state index contributed by atoms with van der Waals surface area (Å²) in [5.74, 6) is 1.06. The molecule has 0 atom stereocenters. The molecule has 0 radical (unpaired) electrons. The molecule has 1 saturated heterocycles. The topological polar surface area (TPSA) is 18.5 Å². The first-order valence-electron chi connectivity index (χ1n) is 8.55. The molecule has 0 unspecified atom stereocenters. The largest absolute Gasteiger partial charge is 0.314 e. The van der Waals surface area contributed by atoms with Gasteiger partial charge in [-0.1, -0.05) is 6.92 Å². The van der Waals surface area contributed by atoms with Gasteiger partial charge in [0.25, 0.3) is 0 Å². The molecule has 19 heavy (non-hydrogen) atoms. The smallest absolute Gasteiger partial charge is 0.0113 e. The van der Waals surface area contributed by atoms with Crippen LogP contribution >= 0.6 is 0 Å². The Morgan fingerprint density at radius 2 is 1.58 bits per heavy atom. The fourth-order valence-corrected chi connectivity index (χ4v) is 3.91. The average Bonchev–Trinajstić information content (AvgIpc) is 3.25. The molecule has 0 aromatic heterocycles. The van der Waals surface area contributed by atoms with Crippen molar-refractivity contribution < 1.29 is 0 Å². The molecule has 0 amide bonds. The molecule has 1 N–H and O–H groups in total. The second-order valence-electron chi connectivity index (χ2n) is 6.84. The molecule has 0 aromatic carbocycles. The molecule has 3 rings (SSSR count). The third-order valence-electron chi connectivity index (χ3n) is 5.33. The number of nitrogens with zero attached hydrogens (tertiary/aromatic N) is 2. The Morgan fingerprint density at radius 1 is 0.895 bits per heavy atom. The van der Waals surface area contributed by atoms with Crippen LogP contribution in [0.5, 0.6) is 0 Å². The molecule has 3 fully saturated rings. The van der Waals surface area contributed by atoms with Crippen LogP contribution in [0.1, 0.15) is 45.4 Å². The van der Waals surface area contributed by atoms with E-state index in [-0.39, 0.29) is 0 Å². The van der Waals surface area contributed by atoms with Crippen molar-refractivity contribution in [3.05, 3.63) is 0 Å². The lowest BCUT2D eigenvalue weighted by Gasteiger charge is -2.42. The molecular formula is C16H31N3. The van der Waals surface area contributed by atoms with Gasteiger partial charge >= 0.3 is 0 Å². The van der Waals surface area contributed by atoms with Crippen molar-refractivity contribution >= 4 is 0 Å². The highest BCUT2D eigenvalue weighted by Crippen LogP contribution is 2.30. The summed E-state index contributed by atoms with van der Waals surface area (Å²) in [5.41, 5.74) is 0. The van der Waals surface area contributed by atoms with E-state index in [0.717, 1.165) is 24.5 Å². The lowest BCUT2D eigenvalue weighted by atomic mass is 9.90. The summed E-state index contributed by atoms with van der Waals surface area (Å²) in [4.78, 5) is 5.49. The Hall–Kier alpha value is -0.120. The minimum Gasteiger partial charge on any atom is -0.314 e. The first kappa shape index (κ1) is 13.8. The Bertz CT molecular complexity index is 261. The zero-order valence-corrected chi connectivity index (χ0v) is 12.6. The zero-order valence-electron chi connectivity index (χ0n) is 12.6. The van der Waals surface area contributed by atoms with E-state index in [2.05, 4.69) is 22.0 Å². The van der Waals surface area contributed by atoms with Crippen molar-refractivity contribution in [2.45, 2.75) is 57.5 Å². The van der Waals surface area contributed by atoms with Crippen molar-refractivity contribution in [1.29, 1.82) is 0 Å². The van der Waals surface area contributed by atoms with Gasteiger partial charge in [0.2, 0.25) is 0 Å². The van der Waals surface area contributed by atoms with Crippen LogP contribution < -0.4 is 5.32 Å². The zero-order chi connectivity index (χ0) is 13.1. The summed E-state index contributed by atoms with van der Waals surface area (Å²) in [6, 6.07) is 1.69. The highest BCUT2D eigenvalue weighted by atomic mass is 15.3. The van der Waals surface area contributed by atoms with Crippen molar-refractivity contribution in [3.63, 3.8) is 0 Å². The Labute approximate surface area is 118 Å². The van der Waals surface area contributed by atoms with Gasteiger partial charge in [-0.05, 0) is 51.0 Å². The predicted octanol–water partition coefficient (Wildman–Crippen LogP) is 1.93. The molecule has 110 valence electrons. The molecule has 1 heterocycles. The minimum absolute atomic E-state index is 0.803. The van der Waals surface area contributed by atoms with Gasteiger partial charge in [0.05, 0.1) is 0 Å². The van der Waals surface area contributed by atoms with Crippen LogP contribution in [0.25, 0.3) is 0 Å². The lowest BCUT2D eigenvalue weighted by Crippen LogP contribution is -2.52. The molecule has 3 nitrogen and oxygen atoms in total. The summed E-state index contributed by atoms with van der Waals surface area (Å²) < 4.78 is 0. The molecule has 0 aromatic rings. The van der Waals surface area contributed by atoms with Crippen LogP contribution in [-0.4, -0.2) is 61.2 Å². The van der Waals surface area contributed by atoms with E-state index in [9.17, 15) is 0 Å². The Morgan fingerprint density at radius 3 is 2.16 bits per heavy atom. The van der Waals surface area contributed by atoms with Gasteiger partial charge in [0, 0.05) is 44.8 Å². The number of hydrogen-bond donors (Lipinski definition) is 1. The van der Waals surface area contributed by atoms with E-state index >= 15 is 0 Å². The van der Waals surface area contributed by atoms with E-state index in [1.165, 1.54) is 71.2 Å². The minimum atomic E-state index is 0.803. The summed E-state index contributed by atoms with van der Waals surface area (Å²) in [7, 11) is 0. The monoisotopic (exact) mass is 265 g/mol. The third-order valence-corrected chi connectivity index (χ3v) is 5.33. The van der Waals surface area contributed by atoms with Crippen LogP contribution in [0, 0.1) is 5.92 Å². The lowest BCUT2D eigenvalue weighted by molar-refractivity contribution is 0.0721. The average molecular weight is 265 g/mol. The first-order chi connectivity index (χ1) is 9.35. The Kier molecular flexibility index (Phi) is 4.78. The van der Waals surface area contributed by atoms with Gasteiger partial charge in [0.1, 0.15) is 0 Å². The quantitative estimate of drug-likeness (QED) is 0.819. The SMILES string of the molecule is CCNC1CCC(N2CCN(CC3CC3)CC2)CC1. The maximum Gasteiger partial charge on any atom is 0.0113 e. The van der Waals surface area contributed by atoms with Crippen LogP contribution in [-0.2, 0) is 0 Å². The van der Waals surface area contributed by atoms with Crippen molar-refractivity contribution in [2.24, 2.45) is 5.92 Å². The van der Waals surface area contributed by atoms with E-state index < -0.39 is 0 Å². The van der Waals surface area contributed by atoms with Crippen molar-refractivity contribution in [2.75, 3.05) is 39.3 Å². The third kappa shape index (κ3) is 3.93. The highest BCUT2D eigenvalue weighted by Gasteiger charge is 2.30. The fraction of sp³-hybridized carbons (Fsp3) is 1.00. The summed E-state index contributed by atoms with van der Waals surface area (Å²) in [5, 5.41) is 3.62. The summed E-state index contributed by atoms with van der Waals surface area (Å²) in [6.45, 7) is 10.0. The number of hydrogen-bond acceptors (Lipinski definition) is 3. The fourth-order valence-electron chi connectivity index (χ4n) is 3.91. The van der Waals surface area contributed by atoms with Crippen LogP contribution in [0.15, 0.2) is 0 Å². The number of piperazine rings is 1. The number of nitrogens with one attached hydrogen (secondary N) is 1. The maximum atomic E-state index is 3.62. The Balaban J connectivity index is 1.37. The molecule has 0 bridgehead atoms. The molecule has 0 spiro atoms. The second kappa shape index (κ2) is 6.55. The standard InChI is InChI=1S/C16H31N3/c1-2-17-15-5-7-16(8-6-15)19-11-9-18(10-12-19)13-14-3-4-14/h14-17H,2-13H2,1H3. The molecule has 3 heteroatoms. The molecular weight excluding hydrogens is 234 g/mol.